The summed E-state index contributed by atoms with van der Waals surface area (Å²) in [6.45, 7) is 11.2. The van der Waals surface area contributed by atoms with Crippen molar-refractivity contribution in [1.82, 2.24) is 5.32 Å². The van der Waals surface area contributed by atoms with Crippen molar-refractivity contribution in [3.8, 4) is 0 Å². The van der Waals surface area contributed by atoms with Crippen LogP contribution in [0.15, 0.2) is 12.7 Å². The second-order valence-electron chi connectivity index (χ2n) is 2.78. The minimum atomic E-state index is 0.590. The highest BCUT2D eigenvalue weighted by atomic mass is 14.9. The molecule has 1 unspecified atom stereocenters. The fourth-order valence-corrected chi connectivity index (χ4v) is 0.505. The molecule has 1 N–H and O–H groups in total. The van der Waals surface area contributed by atoms with Gasteiger partial charge in [0.1, 0.15) is 0 Å². The Labute approximate surface area is 58.2 Å². The van der Waals surface area contributed by atoms with Gasteiger partial charge in [0.25, 0.3) is 0 Å². The molecule has 0 aliphatic rings. The van der Waals surface area contributed by atoms with Crippen LogP contribution in [-0.2, 0) is 0 Å². The van der Waals surface area contributed by atoms with Crippen LogP contribution in [0.3, 0.4) is 0 Å². The molecule has 1 atom stereocenters. The minimum absolute atomic E-state index is 0.590. The van der Waals surface area contributed by atoms with Crippen molar-refractivity contribution in [3.05, 3.63) is 12.7 Å². The highest BCUT2D eigenvalue weighted by molar-refractivity contribution is 4.76. The fourth-order valence-electron chi connectivity index (χ4n) is 0.505. The number of hydrogen-bond donors (Lipinski definition) is 1. The quantitative estimate of drug-likeness (QED) is 0.568. The van der Waals surface area contributed by atoms with Gasteiger partial charge in [0, 0.05) is 12.6 Å². The molecule has 0 aromatic heterocycles. The summed E-state index contributed by atoms with van der Waals surface area (Å²) in [4.78, 5) is 0. The van der Waals surface area contributed by atoms with Gasteiger partial charge in [0.2, 0.25) is 0 Å². The maximum atomic E-state index is 3.70. The first-order chi connectivity index (χ1) is 4.16. The van der Waals surface area contributed by atoms with E-state index in [0.717, 1.165) is 6.54 Å². The molecule has 0 aliphatic heterocycles. The van der Waals surface area contributed by atoms with Crippen LogP contribution < -0.4 is 5.32 Å². The van der Waals surface area contributed by atoms with Gasteiger partial charge in [-0.05, 0) is 5.92 Å². The van der Waals surface area contributed by atoms with E-state index in [1.165, 1.54) is 0 Å². The molecule has 0 rings (SSSR count). The summed E-state index contributed by atoms with van der Waals surface area (Å²) in [5.74, 6) is 0.590. The lowest BCUT2D eigenvalue weighted by atomic mass is 10.2. The summed E-state index contributed by atoms with van der Waals surface area (Å²) >= 11 is 0. The molecule has 0 radical (unpaired) electrons. The number of nitrogens with one attached hydrogen (secondary N) is 1. The molecule has 0 spiro atoms. The van der Waals surface area contributed by atoms with Crippen molar-refractivity contribution in [2.75, 3.05) is 6.54 Å². The lowest BCUT2D eigenvalue weighted by Gasteiger charge is -2.10. The normalized spacial score (nSPS) is 13.8. The Bertz CT molecular complexity index is 76.6. The maximum absolute atomic E-state index is 3.70. The van der Waals surface area contributed by atoms with Crippen molar-refractivity contribution in [1.29, 1.82) is 0 Å². The molecule has 0 aliphatic carbocycles. The first kappa shape index (κ1) is 8.70. The second-order valence-corrected chi connectivity index (χ2v) is 2.78. The predicted molar refractivity (Wildman–Crippen MR) is 42.5 cm³/mol. The van der Waals surface area contributed by atoms with Crippen molar-refractivity contribution in [2.24, 2.45) is 5.92 Å². The van der Waals surface area contributed by atoms with E-state index in [9.17, 15) is 0 Å². The minimum Gasteiger partial charge on any atom is -0.314 e. The van der Waals surface area contributed by atoms with Crippen LogP contribution in [0.4, 0.5) is 0 Å². The van der Waals surface area contributed by atoms with Gasteiger partial charge < -0.3 is 5.32 Å². The Morgan fingerprint density at radius 3 is 2.33 bits per heavy atom. The van der Waals surface area contributed by atoms with Crippen LogP contribution in [0, 0.1) is 5.92 Å². The Morgan fingerprint density at radius 1 is 1.44 bits per heavy atom. The molecular weight excluding hydrogens is 110 g/mol. The summed E-state index contributed by atoms with van der Waals surface area (Å²) in [5.41, 5.74) is 0. The molecule has 0 saturated carbocycles. The zero-order valence-corrected chi connectivity index (χ0v) is 6.65. The molecular formula is C8H17N. The van der Waals surface area contributed by atoms with Crippen molar-refractivity contribution in [2.45, 2.75) is 26.8 Å². The molecule has 0 aromatic rings. The largest absolute Gasteiger partial charge is 0.314 e. The molecule has 0 bridgehead atoms. The van der Waals surface area contributed by atoms with Crippen molar-refractivity contribution < 1.29 is 0 Å². The fraction of sp³-hybridized carbons (Fsp3) is 0.750. The van der Waals surface area contributed by atoms with E-state index in [0.29, 0.717) is 12.0 Å². The third-order valence-corrected chi connectivity index (χ3v) is 1.25. The maximum Gasteiger partial charge on any atom is 0.00138 e. The number of rotatable bonds is 4. The van der Waals surface area contributed by atoms with E-state index in [4.69, 9.17) is 0 Å². The van der Waals surface area contributed by atoms with E-state index >= 15 is 0 Å². The van der Waals surface area contributed by atoms with E-state index < -0.39 is 0 Å². The zero-order valence-electron chi connectivity index (χ0n) is 6.65. The summed E-state index contributed by atoms with van der Waals surface area (Å²) in [7, 11) is 0. The molecule has 0 fully saturated rings. The first-order valence-corrected chi connectivity index (χ1v) is 3.52. The molecule has 0 heterocycles. The van der Waals surface area contributed by atoms with Gasteiger partial charge >= 0.3 is 0 Å². The summed E-state index contributed by atoms with van der Waals surface area (Å²) in [6, 6.07) is 0.590. The topological polar surface area (TPSA) is 12.0 Å². The third kappa shape index (κ3) is 5.57. The Kier molecular flexibility index (Phi) is 4.41. The Hall–Kier alpha value is -0.300. The van der Waals surface area contributed by atoms with E-state index in [1.807, 2.05) is 6.08 Å². The van der Waals surface area contributed by atoms with Crippen LogP contribution in [-0.4, -0.2) is 12.6 Å². The summed E-state index contributed by atoms with van der Waals surface area (Å²) < 4.78 is 0. The molecule has 54 valence electrons. The van der Waals surface area contributed by atoms with Crippen LogP contribution in [0.1, 0.15) is 20.8 Å². The standard InChI is InChI=1S/C8H17N/c1-5-8(4)6-9-7(2)3/h5,7-9H,1,6H2,2-4H3. The average molecular weight is 127 g/mol. The highest BCUT2D eigenvalue weighted by Crippen LogP contribution is 1.92. The van der Waals surface area contributed by atoms with Crippen LogP contribution in [0.2, 0.25) is 0 Å². The highest BCUT2D eigenvalue weighted by Gasteiger charge is 1.95. The average Bonchev–Trinajstić information content (AvgIpc) is 1.83. The molecule has 0 aromatic carbocycles. The lowest BCUT2D eigenvalue weighted by Crippen LogP contribution is -2.26. The summed E-state index contributed by atoms with van der Waals surface area (Å²) in [5, 5.41) is 3.32. The van der Waals surface area contributed by atoms with E-state index in [2.05, 4.69) is 32.7 Å². The van der Waals surface area contributed by atoms with Gasteiger partial charge in [-0.2, -0.15) is 0 Å². The smallest absolute Gasteiger partial charge is 0.00138 e. The van der Waals surface area contributed by atoms with Gasteiger partial charge in [0.15, 0.2) is 0 Å². The zero-order chi connectivity index (χ0) is 7.28. The lowest BCUT2D eigenvalue weighted by molar-refractivity contribution is 0.533. The van der Waals surface area contributed by atoms with E-state index in [1.54, 1.807) is 0 Å². The van der Waals surface area contributed by atoms with Gasteiger partial charge in [-0.1, -0.05) is 26.8 Å². The van der Waals surface area contributed by atoms with Gasteiger partial charge in [0.05, 0.1) is 0 Å². The summed E-state index contributed by atoms with van der Waals surface area (Å²) in [6.07, 6.45) is 1.97. The van der Waals surface area contributed by atoms with Crippen LogP contribution in [0.5, 0.6) is 0 Å². The predicted octanol–water partition coefficient (Wildman–Crippen LogP) is 1.81. The monoisotopic (exact) mass is 127 g/mol. The molecule has 0 saturated heterocycles. The van der Waals surface area contributed by atoms with E-state index in [-0.39, 0.29) is 0 Å². The molecule has 1 nitrogen and oxygen atoms in total. The van der Waals surface area contributed by atoms with Crippen LogP contribution >= 0.6 is 0 Å². The Balaban J connectivity index is 3.16. The molecule has 1 heteroatoms. The SMILES string of the molecule is C=CC(C)CNC(C)C. The van der Waals surface area contributed by atoms with Gasteiger partial charge in [-0.3, -0.25) is 0 Å². The van der Waals surface area contributed by atoms with Gasteiger partial charge in [-0.15, -0.1) is 6.58 Å². The second kappa shape index (κ2) is 4.57. The molecule has 9 heavy (non-hydrogen) atoms. The van der Waals surface area contributed by atoms with Crippen LogP contribution in [0.25, 0.3) is 0 Å². The Morgan fingerprint density at radius 2 is 2.00 bits per heavy atom. The molecule has 0 amide bonds. The third-order valence-electron chi connectivity index (χ3n) is 1.25. The van der Waals surface area contributed by atoms with Crippen molar-refractivity contribution in [3.63, 3.8) is 0 Å². The number of hydrogen-bond acceptors (Lipinski definition) is 1. The van der Waals surface area contributed by atoms with Crippen molar-refractivity contribution >= 4 is 0 Å². The first-order valence-electron chi connectivity index (χ1n) is 3.52. The van der Waals surface area contributed by atoms with Gasteiger partial charge in [-0.25, -0.2) is 0 Å².